The highest BCUT2D eigenvalue weighted by Gasteiger charge is 1.95. The molecular formula is C17H15NO. The molecule has 19 heavy (non-hydrogen) atoms. The molecule has 0 bridgehead atoms. The molecule has 0 aliphatic rings. The van der Waals surface area contributed by atoms with Crippen LogP contribution in [0.25, 0.3) is 0 Å². The van der Waals surface area contributed by atoms with Crippen LogP contribution < -0.4 is 4.74 Å². The van der Waals surface area contributed by atoms with Gasteiger partial charge in [0.05, 0.1) is 0 Å². The van der Waals surface area contributed by atoms with E-state index < -0.39 is 0 Å². The van der Waals surface area contributed by atoms with Crippen LogP contribution in [0.2, 0.25) is 0 Å². The van der Waals surface area contributed by atoms with Gasteiger partial charge in [-0.1, -0.05) is 38.0 Å². The molecule has 0 atom stereocenters. The summed E-state index contributed by atoms with van der Waals surface area (Å²) in [6.07, 6.45) is 0. The van der Waals surface area contributed by atoms with E-state index in [0.717, 1.165) is 17.1 Å². The lowest BCUT2D eigenvalue weighted by atomic mass is 10.2. The molecule has 0 fully saturated rings. The Hall–Kier alpha value is -2.71. The topological polar surface area (TPSA) is 33.0 Å². The van der Waals surface area contributed by atoms with E-state index >= 15 is 0 Å². The first-order chi connectivity index (χ1) is 9.38. The van der Waals surface area contributed by atoms with Crippen LogP contribution in [0.3, 0.4) is 0 Å². The summed E-state index contributed by atoms with van der Waals surface area (Å²) in [5.41, 5.74) is 0.798. The Morgan fingerprint density at radius 3 is 2.00 bits per heavy atom. The number of hydrogen-bond donors (Lipinski definition) is 0. The van der Waals surface area contributed by atoms with Crippen LogP contribution >= 0.6 is 0 Å². The summed E-state index contributed by atoms with van der Waals surface area (Å²) >= 11 is 0. The van der Waals surface area contributed by atoms with E-state index in [0.29, 0.717) is 0 Å². The normalized spacial score (nSPS) is 8.05. The van der Waals surface area contributed by atoms with Gasteiger partial charge in [0.25, 0.3) is 0 Å². The molecule has 2 aromatic rings. The number of ether oxygens (including phenoxy) is 1. The second kappa shape index (κ2) is 8.39. The standard InChI is InChI=1S/C15H9NO.C2H6/c16-12-4-5-13-8-10-15(11-9-13)17-14-6-2-1-3-7-14;1-2/h1-3,6-11H;1-2H3. The molecular weight excluding hydrogens is 234 g/mol. The summed E-state index contributed by atoms with van der Waals surface area (Å²) in [5, 5.41) is 8.33. The van der Waals surface area contributed by atoms with Gasteiger partial charge in [0.1, 0.15) is 11.5 Å². The maximum absolute atomic E-state index is 8.33. The molecule has 0 saturated heterocycles. The van der Waals surface area contributed by atoms with Gasteiger partial charge in [-0.3, -0.25) is 0 Å². The monoisotopic (exact) mass is 249 g/mol. The Kier molecular flexibility index (Phi) is 6.34. The molecule has 0 aromatic heterocycles. The molecule has 0 radical (unpaired) electrons. The maximum atomic E-state index is 8.33. The summed E-state index contributed by atoms with van der Waals surface area (Å²) in [6.45, 7) is 4.00. The summed E-state index contributed by atoms with van der Waals surface area (Å²) in [7, 11) is 0. The molecule has 0 saturated carbocycles. The van der Waals surface area contributed by atoms with Crippen LogP contribution in [0.1, 0.15) is 19.4 Å². The van der Waals surface area contributed by atoms with Gasteiger partial charge >= 0.3 is 0 Å². The molecule has 0 heterocycles. The zero-order valence-corrected chi connectivity index (χ0v) is 11.1. The van der Waals surface area contributed by atoms with Gasteiger partial charge in [-0.2, -0.15) is 5.26 Å². The molecule has 0 N–H and O–H groups in total. The van der Waals surface area contributed by atoms with Gasteiger partial charge in [0, 0.05) is 11.5 Å². The van der Waals surface area contributed by atoms with Gasteiger partial charge < -0.3 is 4.74 Å². The Bertz CT molecular complexity index is 583. The first-order valence-corrected chi connectivity index (χ1v) is 6.11. The molecule has 0 aliphatic carbocycles. The lowest BCUT2D eigenvalue weighted by molar-refractivity contribution is 0.482. The number of nitrogens with zero attached hydrogens (tertiary/aromatic N) is 1. The Labute approximate surface area is 114 Å². The van der Waals surface area contributed by atoms with Crippen LogP contribution in [0.15, 0.2) is 54.6 Å². The second-order valence-electron chi connectivity index (χ2n) is 3.30. The molecule has 94 valence electrons. The first kappa shape index (κ1) is 14.4. The fourth-order valence-electron chi connectivity index (χ4n) is 1.33. The quantitative estimate of drug-likeness (QED) is 0.740. The summed E-state index contributed by atoms with van der Waals surface area (Å²) < 4.78 is 5.62. The molecule has 0 spiro atoms. The van der Waals surface area contributed by atoms with Crippen molar-refractivity contribution in [1.82, 2.24) is 0 Å². The van der Waals surface area contributed by atoms with E-state index in [4.69, 9.17) is 10.00 Å². The van der Waals surface area contributed by atoms with E-state index in [2.05, 4.69) is 11.8 Å². The van der Waals surface area contributed by atoms with Gasteiger partial charge in [-0.15, -0.1) is 0 Å². The smallest absolute Gasteiger partial charge is 0.152 e. The molecule has 2 heteroatoms. The van der Waals surface area contributed by atoms with Crippen molar-refractivity contribution in [3.63, 3.8) is 0 Å². The SMILES string of the molecule is CC.N#CC#Cc1ccc(Oc2ccccc2)cc1. The van der Waals surface area contributed by atoms with Crippen LogP contribution in [-0.4, -0.2) is 0 Å². The molecule has 0 unspecified atom stereocenters. The third kappa shape index (κ3) is 4.98. The summed E-state index contributed by atoms with van der Waals surface area (Å²) in [5.74, 6) is 6.61. The van der Waals surface area contributed by atoms with Crippen molar-refractivity contribution in [1.29, 1.82) is 5.26 Å². The predicted octanol–water partition coefficient (Wildman–Crippen LogP) is 4.38. The second-order valence-corrected chi connectivity index (χ2v) is 3.30. The molecule has 0 aliphatic heterocycles. The third-order valence-electron chi connectivity index (χ3n) is 2.10. The minimum atomic E-state index is 0.749. The molecule has 0 amide bonds. The highest BCUT2D eigenvalue weighted by molar-refractivity contribution is 5.41. The molecule has 2 aromatic carbocycles. The molecule has 2 nitrogen and oxygen atoms in total. The number of nitriles is 1. The molecule has 2 rings (SSSR count). The largest absolute Gasteiger partial charge is 0.457 e. The van der Waals surface area contributed by atoms with Crippen LogP contribution in [0.4, 0.5) is 0 Å². The number of benzene rings is 2. The van der Waals surface area contributed by atoms with Crippen molar-refractivity contribution in [2.75, 3.05) is 0 Å². The fraction of sp³-hybridized carbons (Fsp3) is 0.118. The Morgan fingerprint density at radius 2 is 1.42 bits per heavy atom. The maximum Gasteiger partial charge on any atom is 0.152 e. The van der Waals surface area contributed by atoms with E-state index in [1.807, 2.05) is 68.4 Å². The Balaban J connectivity index is 0.000000861. The zero-order valence-electron chi connectivity index (χ0n) is 11.1. The van der Waals surface area contributed by atoms with Crippen LogP contribution in [0.5, 0.6) is 11.5 Å². The van der Waals surface area contributed by atoms with Gasteiger partial charge in [0.2, 0.25) is 0 Å². The van der Waals surface area contributed by atoms with Crippen molar-refractivity contribution >= 4 is 0 Å². The van der Waals surface area contributed by atoms with Crippen molar-refractivity contribution in [2.24, 2.45) is 0 Å². The van der Waals surface area contributed by atoms with Gasteiger partial charge in [-0.05, 0) is 36.4 Å². The lowest BCUT2D eigenvalue weighted by Crippen LogP contribution is -1.83. The van der Waals surface area contributed by atoms with Crippen molar-refractivity contribution in [2.45, 2.75) is 13.8 Å². The van der Waals surface area contributed by atoms with Crippen LogP contribution in [-0.2, 0) is 0 Å². The highest BCUT2D eigenvalue weighted by atomic mass is 16.5. The average Bonchev–Trinajstić information content (AvgIpc) is 2.50. The van der Waals surface area contributed by atoms with E-state index in [-0.39, 0.29) is 0 Å². The summed E-state index contributed by atoms with van der Waals surface area (Å²) in [4.78, 5) is 0. The third-order valence-corrected chi connectivity index (χ3v) is 2.10. The van der Waals surface area contributed by atoms with E-state index in [9.17, 15) is 0 Å². The minimum absolute atomic E-state index is 0.749. The van der Waals surface area contributed by atoms with Crippen molar-refractivity contribution in [3.8, 4) is 29.4 Å². The summed E-state index contributed by atoms with van der Waals surface area (Å²) in [6, 6.07) is 18.6. The van der Waals surface area contributed by atoms with Crippen LogP contribution in [0, 0.1) is 23.2 Å². The number of para-hydroxylation sites is 1. The number of hydrogen-bond acceptors (Lipinski definition) is 2. The van der Waals surface area contributed by atoms with Crippen molar-refractivity contribution < 1.29 is 4.74 Å². The van der Waals surface area contributed by atoms with E-state index in [1.54, 1.807) is 6.07 Å². The number of rotatable bonds is 2. The average molecular weight is 249 g/mol. The zero-order chi connectivity index (χ0) is 13.9. The van der Waals surface area contributed by atoms with Gasteiger partial charge in [0.15, 0.2) is 6.07 Å². The van der Waals surface area contributed by atoms with Gasteiger partial charge in [-0.25, -0.2) is 0 Å². The first-order valence-electron chi connectivity index (χ1n) is 6.11. The fourth-order valence-corrected chi connectivity index (χ4v) is 1.33. The lowest BCUT2D eigenvalue weighted by Gasteiger charge is -2.04. The van der Waals surface area contributed by atoms with Crippen molar-refractivity contribution in [3.05, 3.63) is 60.2 Å². The predicted molar refractivity (Wildman–Crippen MR) is 76.8 cm³/mol. The Morgan fingerprint density at radius 1 is 0.842 bits per heavy atom. The van der Waals surface area contributed by atoms with E-state index in [1.165, 1.54) is 0 Å². The highest BCUT2D eigenvalue weighted by Crippen LogP contribution is 2.20. The minimum Gasteiger partial charge on any atom is -0.457 e.